The predicted molar refractivity (Wildman–Crippen MR) is 140 cm³/mol. The first-order valence-corrected chi connectivity index (χ1v) is 13.2. The second-order valence-corrected chi connectivity index (χ2v) is 11.3. The highest BCUT2D eigenvalue weighted by Gasteiger charge is 2.47. The molecule has 0 spiro atoms. The smallest absolute Gasteiger partial charge is 0.410 e. The summed E-state index contributed by atoms with van der Waals surface area (Å²) in [5.41, 5.74) is 1.20. The van der Waals surface area contributed by atoms with Crippen LogP contribution in [0.5, 0.6) is 0 Å². The van der Waals surface area contributed by atoms with Gasteiger partial charge >= 0.3 is 6.09 Å². The van der Waals surface area contributed by atoms with E-state index in [4.69, 9.17) is 19.6 Å². The van der Waals surface area contributed by atoms with Crippen molar-refractivity contribution in [2.75, 3.05) is 49.2 Å². The Morgan fingerprint density at radius 2 is 1.92 bits per heavy atom. The molecule has 2 atom stereocenters. The Kier molecular flexibility index (Phi) is 5.79. The van der Waals surface area contributed by atoms with Crippen LogP contribution in [0.15, 0.2) is 35.1 Å². The molecule has 0 N–H and O–H groups in total. The minimum absolute atomic E-state index is 0.132. The molecular weight excluding hydrogens is 526 g/mol. The maximum absolute atomic E-state index is 12.6. The maximum Gasteiger partial charge on any atom is 0.410 e. The van der Waals surface area contributed by atoms with Gasteiger partial charge in [-0.25, -0.2) is 19.4 Å². The van der Waals surface area contributed by atoms with Gasteiger partial charge in [-0.1, -0.05) is 0 Å². The lowest BCUT2D eigenvalue weighted by Crippen LogP contribution is -2.50. The topological polar surface area (TPSA) is 88.9 Å². The zero-order chi connectivity index (χ0) is 25.0. The molecular formula is C25H30BrN7O3. The molecule has 3 aliphatic heterocycles. The highest BCUT2D eigenvalue weighted by Crippen LogP contribution is 2.35. The zero-order valence-corrected chi connectivity index (χ0v) is 22.3. The predicted octanol–water partition coefficient (Wildman–Crippen LogP) is 3.61. The Labute approximate surface area is 218 Å². The Balaban J connectivity index is 1.26. The molecule has 0 aromatic carbocycles. The summed E-state index contributed by atoms with van der Waals surface area (Å²) in [5.74, 6) is 1.81. The molecule has 0 unspecified atom stereocenters. The molecule has 0 radical (unpaired) electrons. The van der Waals surface area contributed by atoms with Crippen molar-refractivity contribution >= 4 is 44.7 Å². The van der Waals surface area contributed by atoms with E-state index < -0.39 is 5.60 Å². The number of rotatable bonds is 3. The molecule has 1 amide bonds. The average molecular weight is 556 g/mol. The van der Waals surface area contributed by atoms with Gasteiger partial charge in [-0.05, 0) is 61.3 Å². The summed E-state index contributed by atoms with van der Waals surface area (Å²) in [5, 5.41) is 5.70. The number of aromatic nitrogens is 4. The van der Waals surface area contributed by atoms with Crippen molar-refractivity contribution in [3.8, 4) is 5.69 Å². The van der Waals surface area contributed by atoms with Crippen LogP contribution in [0.1, 0.15) is 27.2 Å². The van der Waals surface area contributed by atoms with Gasteiger partial charge < -0.3 is 24.2 Å². The number of ether oxygens (including phenoxy) is 2. The maximum atomic E-state index is 12.6. The summed E-state index contributed by atoms with van der Waals surface area (Å²) >= 11 is 3.61. The fourth-order valence-corrected chi connectivity index (χ4v) is 5.75. The van der Waals surface area contributed by atoms with Crippen LogP contribution in [0.25, 0.3) is 16.7 Å². The van der Waals surface area contributed by atoms with Crippen molar-refractivity contribution < 1.29 is 14.3 Å². The molecule has 3 fully saturated rings. The third-order valence-corrected chi connectivity index (χ3v) is 7.53. The van der Waals surface area contributed by atoms with Crippen LogP contribution in [-0.4, -0.2) is 87.8 Å². The number of pyridine rings is 2. The summed E-state index contributed by atoms with van der Waals surface area (Å²) in [7, 11) is 0. The molecule has 10 nitrogen and oxygen atoms in total. The molecule has 11 heteroatoms. The van der Waals surface area contributed by atoms with Crippen molar-refractivity contribution in [2.45, 2.75) is 44.9 Å². The standard InChI is InChI=1S/C25H30BrN7O3/c1-25(2,3)36-24(34)32-15-17-12-18(32)14-31(17)21-13-16(6-7-27-21)33-23-19(22(26)29-33)4-5-20(28-23)30-8-10-35-11-9-30/h4-7,13,17-18H,8-12,14-15H2,1-3H3/t17-,18-/m0/s1. The van der Waals surface area contributed by atoms with E-state index in [1.54, 1.807) is 0 Å². The van der Waals surface area contributed by atoms with Gasteiger partial charge in [-0.3, -0.25) is 0 Å². The molecule has 3 aromatic rings. The van der Waals surface area contributed by atoms with E-state index in [2.05, 4.69) is 42.8 Å². The van der Waals surface area contributed by atoms with Crippen molar-refractivity contribution in [3.05, 3.63) is 35.1 Å². The lowest BCUT2D eigenvalue weighted by molar-refractivity contribution is 0.0214. The van der Waals surface area contributed by atoms with E-state index in [1.165, 1.54) is 0 Å². The Morgan fingerprint density at radius 3 is 2.64 bits per heavy atom. The van der Waals surface area contributed by atoms with E-state index in [9.17, 15) is 4.79 Å². The van der Waals surface area contributed by atoms with Crippen LogP contribution in [0.2, 0.25) is 0 Å². The van der Waals surface area contributed by atoms with E-state index in [-0.39, 0.29) is 18.2 Å². The first-order chi connectivity index (χ1) is 17.3. The third-order valence-electron chi connectivity index (χ3n) is 6.94. The number of anilines is 2. The monoisotopic (exact) mass is 555 g/mol. The van der Waals surface area contributed by atoms with Crippen LogP contribution in [0.4, 0.5) is 16.4 Å². The van der Waals surface area contributed by atoms with Gasteiger partial charge in [0.1, 0.15) is 21.8 Å². The average Bonchev–Trinajstić information content (AvgIpc) is 3.56. The lowest BCUT2D eigenvalue weighted by atomic mass is 10.2. The van der Waals surface area contributed by atoms with Gasteiger partial charge in [0.15, 0.2) is 5.65 Å². The number of amides is 1. The summed E-state index contributed by atoms with van der Waals surface area (Å²) in [6.07, 6.45) is 2.51. The largest absolute Gasteiger partial charge is 0.444 e. The van der Waals surface area contributed by atoms with E-state index in [0.717, 1.165) is 59.0 Å². The highest BCUT2D eigenvalue weighted by molar-refractivity contribution is 9.10. The SMILES string of the molecule is CC(C)(C)OC(=O)N1C[C@@H]2C[C@H]1CN2c1cc(-n2nc(Br)c3ccc(N4CCOCC4)nc32)ccn1. The number of hydrogen-bond acceptors (Lipinski definition) is 8. The summed E-state index contributed by atoms with van der Waals surface area (Å²) in [4.78, 5) is 28.7. The first-order valence-electron chi connectivity index (χ1n) is 12.4. The van der Waals surface area contributed by atoms with Crippen molar-refractivity contribution in [3.63, 3.8) is 0 Å². The number of carbonyl (C=O) groups is 1. The van der Waals surface area contributed by atoms with Crippen molar-refractivity contribution in [2.24, 2.45) is 0 Å². The molecule has 6 rings (SSSR count). The van der Waals surface area contributed by atoms with Gasteiger partial charge in [0.2, 0.25) is 0 Å². The number of fused-ring (bicyclic) bond motifs is 3. The van der Waals surface area contributed by atoms with Crippen molar-refractivity contribution in [1.29, 1.82) is 0 Å². The normalized spacial score (nSPS) is 22.1. The van der Waals surface area contributed by atoms with Crippen LogP contribution in [-0.2, 0) is 9.47 Å². The fraction of sp³-hybridized carbons (Fsp3) is 0.520. The molecule has 6 heterocycles. The molecule has 0 saturated carbocycles. The van der Waals surface area contributed by atoms with Gasteiger partial charge in [-0.15, -0.1) is 0 Å². The minimum Gasteiger partial charge on any atom is -0.444 e. The summed E-state index contributed by atoms with van der Waals surface area (Å²) < 4.78 is 13.7. The van der Waals surface area contributed by atoms with E-state index >= 15 is 0 Å². The fourth-order valence-electron chi connectivity index (χ4n) is 5.29. The van der Waals surface area contributed by atoms with Crippen LogP contribution in [0, 0.1) is 0 Å². The highest BCUT2D eigenvalue weighted by atomic mass is 79.9. The van der Waals surface area contributed by atoms with Crippen molar-refractivity contribution in [1.82, 2.24) is 24.6 Å². The van der Waals surface area contributed by atoms with Gasteiger partial charge in [0, 0.05) is 38.4 Å². The number of morpholine rings is 1. The Hall–Kier alpha value is -2.92. The second kappa shape index (κ2) is 8.88. The second-order valence-electron chi connectivity index (χ2n) is 10.5. The number of likely N-dealkylation sites (tertiary alicyclic amines) is 1. The Morgan fingerprint density at radius 1 is 1.11 bits per heavy atom. The molecule has 2 bridgehead atoms. The minimum atomic E-state index is -0.495. The number of halogens is 1. The van der Waals surface area contributed by atoms with Gasteiger partial charge in [0.05, 0.1) is 36.4 Å². The van der Waals surface area contributed by atoms with Crippen LogP contribution >= 0.6 is 15.9 Å². The van der Waals surface area contributed by atoms with Crippen LogP contribution < -0.4 is 9.80 Å². The van der Waals surface area contributed by atoms with Gasteiger partial charge in [-0.2, -0.15) is 5.10 Å². The number of nitrogens with zero attached hydrogens (tertiary/aromatic N) is 7. The summed E-state index contributed by atoms with van der Waals surface area (Å²) in [6, 6.07) is 8.46. The molecule has 3 aromatic heterocycles. The Bertz CT molecular complexity index is 1300. The van der Waals surface area contributed by atoms with E-state index in [0.29, 0.717) is 19.8 Å². The molecule has 3 aliphatic rings. The van der Waals surface area contributed by atoms with E-state index in [1.807, 2.05) is 48.7 Å². The molecule has 190 valence electrons. The molecule has 36 heavy (non-hydrogen) atoms. The number of carbonyl (C=O) groups excluding carboxylic acids is 1. The number of hydrogen-bond donors (Lipinski definition) is 0. The quantitative estimate of drug-likeness (QED) is 0.484. The third kappa shape index (κ3) is 4.28. The van der Waals surface area contributed by atoms with Crippen LogP contribution in [0.3, 0.4) is 0 Å². The molecule has 0 aliphatic carbocycles. The van der Waals surface area contributed by atoms with Gasteiger partial charge in [0.25, 0.3) is 0 Å². The summed E-state index contributed by atoms with van der Waals surface area (Å²) in [6.45, 7) is 10.1. The first kappa shape index (κ1) is 23.5. The zero-order valence-electron chi connectivity index (χ0n) is 20.7. The molecule has 3 saturated heterocycles. The number of piperazine rings is 1. The lowest BCUT2D eigenvalue weighted by Gasteiger charge is -2.35.